The first-order valence-electron chi connectivity index (χ1n) is 7.10. The summed E-state index contributed by atoms with van der Waals surface area (Å²) in [4.78, 5) is 44.4. The smallest absolute Gasteiger partial charge is 0.336 e. The Morgan fingerprint density at radius 3 is 1.12 bits per heavy atom. The van der Waals surface area contributed by atoms with Crippen molar-refractivity contribution >= 4 is 36.0 Å². The molecule has 0 bridgehead atoms. The molecule has 0 radical (unpaired) electrons. The number of hydrogen-bond donors (Lipinski definition) is 4. The highest BCUT2D eigenvalue weighted by atomic mass is 16.4. The summed E-state index contributed by atoms with van der Waals surface area (Å²) in [5.41, 5.74) is -0.709. The minimum atomic E-state index is -1.39. The zero-order valence-electron chi connectivity index (χ0n) is 13.0. The fourth-order valence-electron chi connectivity index (χ4n) is 2.25. The second-order valence-corrected chi connectivity index (χ2v) is 5.16. The van der Waals surface area contributed by atoms with Gasteiger partial charge in [-0.3, -0.25) is 0 Å². The van der Waals surface area contributed by atoms with E-state index in [1.165, 1.54) is 36.4 Å². The molecule has 0 saturated carbocycles. The predicted molar refractivity (Wildman–Crippen MR) is 89.6 cm³/mol. The van der Waals surface area contributed by atoms with Crippen molar-refractivity contribution in [3.8, 4) is 0 Å². The normalized spacial score (nSPS) is 10.6. The highest BCUT2D eigenvalue weighted by Gasteiger charge is 2.17. The molecule has 0 aliphatic rings. The number of hydrogen-bond acceptors (Lipinski definition) is 4. The van der Waals surface area contributed by atoms with E-state index in [1.807, 2.05) is 0 Å². The van der Waals surface area contributed by atoms with Gasteiger partial charge in [0.05, 0.1) is 22.3 Å². The Kier molecular flexibility index (Phi) is 5.17. The van der Waals surface area contributed by atoms with Gasteiger partial charge in [-0.25, -0.2) is 19.2 Å². The summed E-state index contributed by atoms with van der Waals surface area (Å²) >= 11 is 0. The SMILES string of the molecule is O=C(O)c1ccc(/C=C\c2ccc(C(=O)O)c(C(=O)O)c2)cc1C(=O)O. The Morgan fingerprint density at radius 2 is 0.846 bits per heavy atom. The lowest BCUT2D eigenvalue weighted by Gasteiger charge is -2.04. The molecule has 0 aliphatic carbocycles. The fraction of sp³-hybridized carbons (Fsp3) is 0. The molecule has 2 aromatic carbocycles. The Labute approximate surface area is 146 Å². The quantitative estimate of drug-likeness (QED) is 0.577. The highest BCUT2D eigenvalue weighted by molar-refractivity contribution is 6.03. The van der Waals surface area contributed by atoms with Crippen LogP contribution in [0.15, 0.2) is 36.4 Å². The summed E-state index contributed by atoms with van der Waals surface area (Å²) in [5, 5.41) is 36.2. The maximum absolute atomic E-state index is 11.2. The molecular formula is C18H12O8. The fourth-order valence-corrected chi connectivity index (χ4v) is 2.25. The van der Waals surface area contributed by atoms with Gasteiger partial charge in [0.1, 0.15) is 0 Å². The molecule has 4 N–H and O–H groups in total. The van der Waals surface area contributed by atoms with Crippen LogP contribution < -0.4 is 0 Å². The molecule has 0 unspecified atom stereocenters. The van der Waals surface area contributed by atoms with Crippen LogP contribution in [-0.4, -0.2) is 44.3 Å². The van der Waals surface area contributed by atoms with Crippen LogP contribution >= 0.6 is 0 Å². The van der Waals surface area contributed by atoms with Gasteiger partial charge in [0.15, 0.2) is 0 Å². The van der Waals surface area contributed by atoms with Crippen molar-refractivity contribution in [2.45, 2.75) is 0 Å². The molecule has 2 aromatic rings. The van der Waals surface area contributed by atoms with E-state index in [-0.39, 0.29) is 22.3 Å². The lowest BCUT2D eigenvalue weighted by molar-refractivity contribution is 0.0651. The van der Waals surface area contributed by atoms with Crippen molar-refractivity contribution in [2.24, 2.45) is 0 Å². The van der Waals surface area contributed by atoms with Gasteiger partial charge in [0.2, 0.25) is 0 Å². The Morgan fingerprint density at radius 1 is 0.538 bits per heavy atom. The summed E-state index contributed by atoms with van der Waals surface area (Å²) in [6.07, 6.45) is 2.92. The highest BCUT2D eigenvalue weighted by Crippen LogP contribution is 2.18. The van der Waals surface area contributed by atoms with Gasteiger partial charge < -0.3 is 20.4 Å². The zero-order chi connectivity index (χ0) is 19.4. The van der Waals surface area contributed by atoms with Crippen molar-refractivity contribution in [1.29, 1.82) is 0 Å². The molecule has 8 nitrogen and oxygen atoms in total. The minimum absolute atomic E-state index is 0.353. The lowest BCUT2D eigenvalue weighted by atomic mass is 10.0. The van der Waals surface area contributed by atoms with Crippen LogP contribution in [0.1, 0.15) is 52.6 Å². The molecule has 2 rings (SSSR count). The molecule has 0 saturated heterocycles. The van der Waals surface area contributed by atoms with E-state index in [0.717, 1.165) is 12.1 Å². The van der Waals surface area contributed by atoms with Gasteiger partial charge in [-0.2, -0.15) is 0 Å². The van der Waals surface area contributed by atoms with E-state index in [0.29, 0.717) is 11.1 Å². The third-order valence-electron chi connectivity index (χ3n) is 3.48. The zero-order valence-corrected chi connectivity index (χ0v) is 13.0. The topological polar surface area (TPSA) is 149 Å². The standard InChI is InChI=1S/C18H12O8/c19-15(20)11-5-3-9(7-13(11)17(23)24)1-2-10-4-6-12(16(21)22)14(8-10)18(25)26/h1-8H,(H,19,20)(H,21,22)(H,23,24)(H,25,26)/b2-1-. The van der Waals surface area contributed by atoms with Crippen LogP contribution in [0.5, 0.6) is 0 Å². The Hall–Kier alpha value is -3.94. The number of aromatic carboxylic acids is 4. The number of carboxylic acids is 4. The first kappa shape index (κ1) is 18.4. The Balaban J connectivity index is 2.41. The van der Waals surface area contributed by atoms with E-state index in [4.69, 9.17) is 20.4 Å². The summed E-state index contributed by atoms with van der Waals surface area (Å²) in [5.74, 6) is -5.52. The van der Waals surface area contributed by atoms with E-state index >= 15 is 0 Å². The summed E-state index contributed by atoms with van der Waals surface area (Å²) in [7, 11) is 0. The maximum Gasteiger partial charge on any atom is 0.336 e. The van der Waals surface area contributed by atoms with Gasteiger partial charge in [-0.15, -0.1) is 0 Å². The van der Waals surface area contributed by atoms with Crippen molar-refractivity contribution in [1.82, 2.24) is 0 Å². The number of carbonyl (C=O) groups is 4. The van der Waals surface area contributed by atoms with Crippen LogP contribution in [0, 0.1) is 0 Å². The minimum Gasteiger partial charge on any atom is -0.478 e. The van der Waals surface area contributed by atoms with Crippen LogP contribution in [-0.2, 0) is 0 Å². The summed E-state index contributed by atoms with van der Waals surface area (Å²) < 4.78 is 0. The number of benzene rings is 2. The van der Waals surface area contributed by atoms with Gasteiger partial charge >= 0.3 is 23.9 Å². The van der Waals surface area contributed by atoms with Gasteiger partial charge in [-0.05, 0) is 35.4 Å². The molecule has 0 aromatic heterocycles. The maximum atomic E-state index is 11.2. The van der Waals surface area contributed by atoms with Crippen molar-refractivity contribution < 1.29 is 39.6 Å². The summed E-state index contributed by atoms with van der Waals surface area (Å²) in [6.45, 7) is 0. The van der Waals surface area contributed by atoms with Crippen molar-refractivity contribution in [3.05, 3.63) is 69.8 Å². The predicted octanol–water partition coefficient (Wildman–Crippen LogP) is 2.65. The first-order chi connectivity index (χ1) is 12.2. The average Bonchev–Trinajstić information content (AvgIpc) is 2.59. The first-order valence-corrected chi connectivity index (χ1v) is 7.10. The lowest BCUT2D eigenvalue weighted by Crippen LogP contribution is -2.08. The van der Waals surface area contributed by atoms with Crippen LogP contribution in [0.3, 0.4) is 0 Å². The van der Waals surface area contributed by atoms with Crippen molar-refractivity contribution in [2.75, 3.05) is 0 Å². The van der Waals surface area contributed by atoms with Crippen LogP contribution in [0.25, 0.3) is 12.2 Å². The van der Waals surface area contributed by atoms with Gasteiger partial charge in [0.25, 0.3) is 0 Å². The molecule has 0 atom stereocenters. The van der Waals surface area contributed by atoms with E-state index in [9.17, 15) is 19.2 Å². The van der Waals surface area contributed by atoms with Gasteiger partial charge in [-0.1, -0.05) is 24.3 Å². The average molecular weight is 356 g/mol. The molecule has 0 amide bonds. The third kappa shape index (κ3) is 3.93. The second kappa shape index (κ2) is 7.31. The molecule has 132 valence electrons. The van der Waals surface area contributed by atoms with Gasteiger partial charge in [0, 0.05) is 0 Å². The molecule has 0 aliphatic heterocycles. The third-order valence-corrected chi connectivity index (χ3v) is 3.48. The number of rotatable bonds is 6. The van der Waals surface area contributed by atoms with Crippen molar-refractivity contribution in [3.63, 3.8) is 0 Å². The summed E-state index contributed by atoms with van der Waals surface area (Å²) in [6, 6.07) is 7.45. The monoisotopic (exact) mass is 356 g/mol. The Bertz CT molecular complexity index is 878. The van der Waals surface area contributed by atoms with Crippen LogP contribution in [0.4, 0.5) is 0 Å². The van der Waals surface area contributed by atoms with E-state index < -0.39 is 23.9 Å². The van der Waals surface area contributed by atoms with E-state index in [2.05, 4.69) is 0 Å². The molecule has 0 heterocycles. The molecule has 26 heavy (non-hydrogen) atoms. The van der Waals surface area contributed by atoms with Crippen LogP contribution in [0.2, 0.25) is 0 Å². The second-order valence-electron chi connectivity index (χ2n) is 5.16. The largest absolute Gasteiger partial charge is 0.478 e. The molecule has 0 fully saturated rings. The molecule has 8 heteroatoms. The molecule has 0 spiro atoms. The number of carboxylic acid groups (broad SMARTS) is 4. The van der Waals surface area contributed by atoms with E-state index in [1.54, 1.807) is 0 Å². The molecular weight excluding hydrogens is 344 g/mol.